The summed E-state index contributed by atoms with van der Waals surface area (Å²) in [6.45, 7) is 8.19. The molecule has 0 N–H and O–H groups in total. The second-order valence-electron chi connectivity index (χ2n) is 7.53. The van der Waals surface area contributed by atoms with E-state index in [0.29, 0.717) is 18.2 Å². The van der Waals surface area contributed by atoms with Gasteiger partial charge < -0.3 is 9.47 Å². The number of fused-ring (bicyclic) bond motifs is 3. The topological polar surface area (TPSA) is 63.9 Å². The third-order valence-electron chi connectivity index (χ3n) is 5.34. The molecular formula is C24H27N5OS. The lowest BCUT2D eigenvalue weighted by atomic mass is 10.2. The van der Waals surface area contributed by atoms with Crippen LogP contribution in [0.5, 0.6) is 0 Å². The lowest BCUT2D eigenvalue weighted by molar-refractivity contribution is -0.130. The van der Waals surface area contributed by atoms with Crippen LogP contribution in [-0.4, -0.2) is 42.4 Å². The second-order valence-corrected chi connectivity index (χ2v) is 8.84. The zero-order valence-corrected chi connectivity index (χ0v) is 19.0. The van der Waals surface area contributed by atoms with Crippen LogP contribution < -0.4 is 0 Å². The van der Waals surface area contributed by atoms with Crippen LogP contribution in [0, 0.1) is 0 Å². The molecule has 4 rings (SSSR count). The van der Waals surface area contributed by atoms with Crippen LogP contribution in [0.15, 0.2) is 59.8 Å². The summed E-state index contributed by atoms with van der Waals surface area (Å²) in [5.41, 5.74) is 3.88. The van der Waals surface area contributed by atoms with E-state index in [2.05, 4.69) is 33.8 Å². The summed E-state index contributed by atoms with van der Waals surface area (Å²) in [6.07, 6.45) is 1.00. The Morgan fingerprint density at radius 1 is 1.06 bits per heavy atom. The van der Waals surface area contributed by atoms with Crippen molar-refractivity contribution >= 4 is 39.7 Å². The van der Waals surface area contributed by atoms with Crippen molar-refractivity contribution in [1.29, 1.82) is 0 Å². The van der Waals surface area contributed by atoms with Gasteiger partial charge in [0.15, 0.2) is 5.65 Å². The quantitative estimate of drug-likeness (QED) is 0.369. The number of amides is 1. The van der Waals surface area contributed by atoms with E-state index in [1.165, 1.54) is 11.8 Å². The number of aryl methyl sites for hydroxylation is 1. The standard InChI is InChI=1S/C24H27N5OS/c1-4-15-29-20-14-10-9-13-19(20)21-22(29)25-24(27-26-21)31-17(3)23(30)28(5-2)16-18-11-7-6-8-12-18/h6-14,17H,4-5,15-16H2,1-3H3. The highest BCUT2D eigenvalue weighted by atomic mass is 32.2. The second kappa shape index (κ2) is 9.47. The zero-order valence-electron chi connectivity index (χ0n) is 18.2. The third-order valence-corrected chi connectivity index (χ3v) is 6.28. The predicted octanol–water partition coefficient (Wildman–Crippen LogP) is 4.92. The largest absolute Gasteiger partial charge is 0.338 e. The number of hydrogen-bond donors (Lipinski definition) is 0. The molecule has 6 nitrogen and oxygen atoms in total. The molecule has 1 amide bonds. The monoisotopic (exact) mass is 433 g/mol. The molecule has 0 aliphatic carbocycles. The predicted molar refractivity (Wildman–Crippen MR) is 126 cm³/mol. The van der Waals surface area contributed by atoms with Crippen LogP contribution in [0.25, 0.3) is 22.1 Å². The first-order chi connectivity index (χ1) is 15.1. The van der Waals surface area contributed by atoms with Gasteiger partial charge in [-0.05, 0) is 31.9 Å². The third kappa shape index (κ3) is 4.42. The molecule has 0 bridgehead atoms. The summed E-state index contributed by atoms with van der Waals surface area (Å²) < 4.78 is 2.20. The van der Waals surface area contributed by atoms with E-state index in [4.69, 9.17) is 4.98 Å². The zero-order chi connectivity index (χ0) is 21.8. The smallest absolute Gasteiger partial charge is 0.236 e. The van der Waals surface area contributed by atoms with Gasteiger partial charge in [-0.3, -0.25) is 4.79 Å². The highest BCUT2D eigenvalue weighted by Crippen LogP contribution is 2.28. The molecule has 2 heterocycles. The van der Waals surface area contributed by atoms with Crippen molar-refractivity contribution in [3.63, 3.8) is 0 Å². The molecule has 0 saturated heterocycles. The van der Waals surface area contributed by atoms with Gasteiger partial charge in [-0.15, -0.1) is 10.2 Å². The van der Waals surface area contributed by atoms with Crippen molar-refractivity contribution in [3.05, 3.63) is 60.2 Å². The van der Waals surface area contributed by atoms with Gasteiger partial charge in [-0.1, -0.05) is 67.2 Å². The molecular weight excluding hydrogens is 406 g/mol. The SMILES string of the molecule is CCCn1c2ccccc2c2nnc(SC(C)C(=O)N(CC)Cc3ccccc3)nc21. The van der Waals surface area contributed by atoms with Crippen molar-refractivity contribution in [2.75, 3.05) is 6.54 Å². The van der Waals surface area contributed by atoms with Crippen molar-refractivity contribution < 1.29 is 4.79 Å². The Kier molecular flexibility index (Phi) is 6.51. The van der Waals surface area contributed by atoms with Gasteiger partial charge in [0.1, 0.15) is 5.52 Å². The number of carbonyl (C=O) groups excluding carboxylic acids is 1. The minimum absolute atomic E-state index is 0.0779. The first kappa shape index (κ1) is 21.3. The summed E-state index contributed by atoms with van der Waals surface area (Å²) in [7, 11) is 0. The van der Waals surface area contributed by atoms with Crippen LogP contribution >= 0.6 is 11.8 Å². The molecule has 2 aromatic heterocycles. The first-order valence-corrected chi connectivity index (χ1v) is 11.6. The number of carbonyl (C=O) groups is 1. The fourth-order valence-corrected chi connectivity index (χ4v) is 4.60. The van der Waals surface area contributed by atoms with E-state index in [9.17, 15) is 4.79 Å². The molecule has 4 aromatic rings. The van der Waals surface area contributed by atoms with Crippen molar-refractivity contribution in [2.24, 2.45) is 0 Å². The van der Waals surface area contributed by atoms with Gasteiger partial charge in [0, 0.05) is 25.0 Å². The van der Waals surface area contributed by atoms with E-state index in [1.54, 1.807) is 0 Å². The highest BCUT2D eigenvalue weighted by molar-refractivity contribution is 8.00. The molecule has 2 aromatic carbocycles. The van der Waals surface area contributed by atoms with E-state index in [-0.39, 0.29) is 11.2 Å². The number of rotatable bonds is 8. The van der Waals surface area contributed by atoms with Gasteiger partial charge in [0.2, 0.25) is 11.1 Å². The maximum atomic E-state index is 13.1. The number of hydrogen-bond acceptors (Lipinski definition) is 5. The van der Waals surface area contributed by atoms with Gasteiger partial charge in [-0.2, -0.15) is 0 Å². The van der Waals surface area contributed by atoms with Crippen molar-refractivity contribution in [3.8, 4) is 0 Å². The van der Waals surface area contributed by atoms with Crippen LogP contribution in [0.3, 0.4) is 0 Å². The number of nitrogens with zero attached hydrogens (tertiary/aromatic N) is 5. The molecule has 1 unspecified atom stereocenters. The van der Waals surface area contributed by atoms with Crippen LogP contribution in [-0.2, 0) is 17.9 Å². The van der Waals surface area contributed by atoms with Crippen LogP contribution in [0.2, 0.25) is 0 Å². The minimum Gasteiger partial charge on any atom is -0.338 e. The Labute approximate surface area is 186 Å². The number of para-hydroxylation sites is 1. The summed E-state index contributed by atoms with van der Waals surface area (Å²) in [4.78, 5) is 19.8. The molecule has 0 radical (unpaired) electrons. The lowest BCUT2D eigenvalue weighted by Crippen LogP contribution is -2.36. The molecule has 1 atom stereocenters. The summed E-state index contributed by atoms with van der Waals surface area (Å²) in [5, 5.41) is 10.1. The fourth-order valence-electron chi connectivity index (χ4n) is 3.80. The molecule has 7 heteroatoms. The van der Waals surface area contributed by atoms with Crippen molar-refractivity contribution in [2.45, 2.75) is 50.7 Å². The number of benzene rings is 2. The van der Waals surface area contributed by atoms with E-state index in [0.717, 1.165) is 40.6 Å². The Hall–Kier alpha value is -2.93. The normalized spacial score (nSPS) is 12.4. The van der Waals surface area contributed by atoms with Gasteiger partial charge >= 0.3 is 0 Å². The van der Waals surface area contributed by atoms with Gasteiger partial charge in [0.05, 0.1) is 10.8 Å². The van der Waals surface area contributed by atoms with Gasteiger partial charge in [-0.25, -0.2) is 4.98 Å². The average molecular weight is 434 g/mol. The Morgan fingerprint density at radius 3 is 2.55 bits per heavy atom. The maximum absolute atomic E-state index is 13.1. The molecule has 0 fully saturated rings. The van der Waals surface area contributed by atoms with E-state index >= 15 is 0 Å². The van der Waals surface area contributed by atoms with Crippen molar-refractivity contribution in [1.82, 2.24) is 24.6 Å². The number of thioether (sulfide) groups is 1. The lowest BCUT2D eigenvalue weighted by Gasteiger charge is -2.24. The summed E-state index contributed by atoms with van der Waals surface area (Å²) in [6, 6.07) is 18.3. The molecule has 0 aliphatic heterocycles. The molecule has 0 saturated carbocycles. The van der Waals surface area contributed by atoms with Crippen LogP contribution in [0.4, 0.5) is 0 Å². The molecule has 0 spiro atoms. The Bertz CT molecular complexity index is 1190. The van der Waals surface area contributed by atoms with E-state index in [1.807, 2.05) is 61.2 Å². The first-order valence-electron chi connectivity index (χ1n) is 10.7. The summed E-state index contributed by atoms with van der Waals surface area (Å²) >= 11 is 1.37. The number of aromatic nitrogens is 4. The van der Waals surface area contributed by atoms with Gasteiger partial charge in [0.25, 0.3) is 0 Å². The van der Waals surface area contributed by atoms with E-state index < -0.39 is 0 Å². The minimum atomic E-state index is -0.299. The molecule has 160 valence electrons. The highest BCUT2D eigenvalue weighted by Gasteiger charge is 2.23. The summed E-state index contributed by atoms with van der Waals surface area (Å²) in [5.74, 6) is 0.0779. The Morgan fingerprint density at radius 2 is 1.81 bits per heavy atom. The van der Waals surface area contributed by atoms with Crippen LogP contribution in [0.1, 0.15) is 32.8 Å². The molecule has 31 heavy (non-hydrogen) atoms. The Balaban J connectivity index is 1.58. The molecule has 0 aliphatic rings. The maximum Gasteiger partial charge on any atom is 0.236 e. The fraction of sp³-hybridized carbons (Fsp3) is 0.333. The average Bonchev–Trinajstić information content (AvgIpc) is 3.11.